The van der Waals surface area contributed by atoms with E-state index in [1.54, 1.807) is 6.07 Å². The topological polar surface area (TPSA) is 90.9 Å². The molecule has 34 heavy (non-hydrogen) atoms. The van der Waals surface area contributed by atoms with E-state index in [0.29, 0.717) is 12.8 Å². The van der Waals surface area contributed by atoms with Crippen LogP contribution in [0.1, 0.15) is 25.7 Å². The molecule has 0 aliphatic carbocycles. The monoisotopic (exact) mass is 468 g/mol. The minimum absolute atomic E-state index is 0.145. The van der Waals surface area contributed by atoms with Crippen molar-refractivity contribution in [2.75, 3.05) is 6.61 Å². The molecule has 0 bridgehead atoms. The molecule has 0 heterocycles. The molecule has 0 fully saturated rings. The highest BCUT2D eigenvalue weighted by Crippen LogP contribution is 2.46. The number of rotatable bonds is 10. The van der Waals surface area contributed by atoms with Gasteiger partial charge in [-0.2, -0.15) is 10.5 Å². The summed E-state index contributed by atoms with van der Waals surface area (Å²) in [7, 11) is 0. The van der Waals surface area contributed by atoms with E-state index in [1.807, 2.05) is 91.0 Å². The molecule has 0 aliphatic heterocycles. The van der Waals surface area contributed by atoms with E-state index in [-0.39, 0.29) is 30.5 Å². The lowest BCUT2D eigenvalue weighted by atomic mass is 10.1. The number of benzene rings is 3. The Bertz CT molecular complexity index is 1150. The Balaban J connectivity index is 2.08. The Morgan fingerprint density at radius 2 is 1.21 bits per heavy atom. The molecule has 3 rings (SSSR count). The van der Waals surface area contributed by atoms with Gasteiger partial charge in [-0.25, -0.2) is 0 Å². The molecule has 0 aromatic heterocycles. The highest BCUT2D eigenvalue weighted by molar-refractivity contribution is 7.96. The summed E-state index contributed by atoms with van der Waals surface area (Å²) < 4.78 is 4.99. The number of nitrogens with zero attached hydrogens (tertiary/aromatic N) is 2. The second kappa shape index (κ2) is 12.4. The zero-order valence-corrected chi connectivity index (χ0v) is 19.7. The summed E-state index contributed by atoms with van der Waals surface area (Å²) in [6.07, 6.45) is 0.841. The highest BCUT2D eigenvalue weighted by atomic mass is 31.2. The molecule has 3 aromatic rings. The van der Waals surface area contributed by atoms with Gasteiger partial charge in [-0.1, -0.05) is 91.0 Å². The standard InChI is InChI=1S/C28H25N2O3P/c29-20-19-28(32)33-21-11-10-18-26(31)27(22-30)34(23-12-4-1-5-13-23,24-14-6-2-7-15-24)25-16-8-3-9-17-25/h1-9,12-17H,10-11,18-19,21H2. The summed E-state index contributed by atoms with van der Waals surface area (Å²) in [5.41, 5.74) is 0. The quantitative estimate of drug-likeness (QED) is 0.256. The number of carbonyl (C=O) groups is 2. The Kier molecular flexibility index (Phi) is 8.98. The van der Waals surface area contributed by atoms with Crippen molar-refractivity contribution in [3.8, 4) is 12.1 Å². The first-order valence-corrected chi connectivity index (χ1v) is 12.8. The predicted octanol–water partition coefficient (Wildman–Crippen LogP) is 3.87. The highest BCUT2D eigenvalue weighted by Gasteiger charge is 2.32. The van der Waals surface area contributed by atoms with Gasteiger partial charge in [-0.3, -0.25) is 9.59 Å². The maximum absolute atomic E-state index is 13.6. The van der Waals surface area contributed by atoms with Crippen molar-refractivity contribution in [3.63, 3.8) is 0 Å². The van der Waals surface area contributed by atoms with Crippen molar-refractivity contribution in [3.05, 3.63) is 91.0 Å². The summed E-state index contributed by atoms with van der Waals surface area (Å²) in [4.78, 5) is 24.9. The first kappa shape index (κ1) is 24.7. The van der Waals surface area contributed by atoms with Gasteiger partial charge in [0, 0.05) is 6.42 Å². The van der Waals surface area contributed by atoms with Gasteiger partial charge in [0.2, 0.25) is 0 Å². The second-order valence-electron chi connectivity index (χ2n) is 7.57. The summed E-state index contributed by atoms with van der Waals surface area (Å²) >= 11 is 0. The molecule has 0 N–H and O–H groups in total. The van der Waals surface area contributed by atoms with Gasteiger partial charge in [0.1, 0.15) is 17.8 Å². The van der Waals surface area contributed by atoms with Crippen molar-refractivity contribution >= 4 is 39.8 Å². The summed E-state index contributed by atoms with van der Waals surface area (Å²) in [6, 6.07) is 33.4. The van der Waals surface area contributed by atoms with Gasteiger partial charge in [0.25, 0.3) is 0 Å². The molecule has 0 amide bonds. The van der Waals surface area contributed by atoms with Crippen LogP contribution < -0.4 is 15.9 Å². The third-order valence-electron chi connectivity index (χ3n) is 5.42. The smallest absolute Gasteiger partial charge is 0.320 e. The Morgan fingerprint density at radius 1 is 0.735 bits per heavy atom. The molecular formula is C28H25N2O3P. The van der Waals surface area contributed by atoms with E-state index in [0.717, 1.165) is 15.9 Å². The van der Waals surface area contributed by atoms with Gasteiger partial charge in [0.15, 0.2) is 5.78 Å². The van der Waals surface area contributed by atoms with Crippen molar-refractivity contribution in [1.82, 2.24) is 0 Å². The normalized spacial score (nSPS) is 10.5. The van der Waals surface area contributed by atoms with Crippen LogP contribution in [0.25, 0.3) is 0 Å². The van der Waals surface area contributed by atoms with Crippen LogP contribution in [0.3, 0.4) is 0 Å². The number of hydrogen-bond acceptors (Lipinski definition) is 5. The lowest BCUT2D eigenvalue weighted by Gasteiger charge is -2.30. The fourth-order valence-corrected chi connectivity index (χ4v) is 8.08. The van der Waals surface area contributed by atoms with Crippen LogP contribution >= 0.6 is 6.89 Å². The molecule has 0 spiro atoms. The number of hydrogen-bond donors (Lipinski definition) is 0. The first-order valence-electron chi connectivity index (χ1n) is 11.0. The fraction of sp³-hybridized carbons (Fsp3) is 0.179. The zero-order valence-electron chi connectivity index (χ0n) is 18.8. The van der Waals surface area contributed by atoms with E-state index < -0.39 is 12.9 Å². The molecule has 0 saturated carbocycles. The molecular weight excluding hydrogens is 443 g/mol. The average molecular weight is 468 g/mol. The lowest BCUT2D eigenvalue weighted by Crippen LogP contribution is -2.33. The average Bonchev–Trinajstić information content (AvgIpc) is 2.88. The number of Topliss-reactive ketones (excluding diaryl/α,β-unsaturated/α-hetero) is 1. The van der Waals surface area contributed by atoms with Crippen LogP contribution in [0, 0.1) is 22.7 Å². The number of nitriles is 2. The van der Waals surface area contributed by atoms with Crippen molar-refractivity contribution in [2.24, 2.45) is 0 Å². The lowest BCUT2D eigenvalue weighted by molar-refractivity contribution is -0.142. The number of ether oxygens (including phenoxy) is 1. The number of ketones is 1. The van der Waals surface area contributed by atoms with Crippen molar-refractivity contribution in [2.45, 2.75) is 25.7 Å². The van der Waals surface area contributed by atoms with E-state index in [9.17, 15) is 14.9 Å². The number of unbranched alkanes of at least 4 members (excludes halogenated alkanes) is 1. The molecule has 6 heteroatoms. The molecule has 0 aliphatic rings. The van der Waals surface area contributed by atoms with Gasteiger partial charge in [0.05, 0.1) is 12.7 Å². The molecule has 0 saturated heterocycles. The molecule has 0 atom stereocenters. The van der Waals surface area contributed by atoms with Crippen LogP contribution in [0.15, 0.2) is 91.0 Å². The summed E-state index contributed by atoms with van der Waals surface area (Å²) in [5.74, 6) is -0.768. The summed E-state index contributed by atoms with van der Waals surface area (Å²) in [5, 5.41) is 22.0. The molecule has 5 nitrogen and oxygen atoms in total. The van der Waals surface area contributed by atoms with Crippen molar-refractivity contribution < 1.29 is 14.3 Å². The molecule has 0 radical (unpaired) electrons. The Hall–Kier alpha value is -3.92. The predicted molar refractivity (Wildman–Crippen MR) is 136 cm³/mol. The van der Waals surface area contributed by atoms with E-state index >= 15 is 0 Å². The van der Waals surface area contributed by atoms with E-state index in [1.165, 1.54) is 0 Å². The third-order valence-corrected chi connectivity index (χ3v) is 9.66. The van der Waals surface area contributed by atoms with E-state index in [4.69, 9.17) is 10.00 Å². The van der Waals surface area contributed by atoms with Crippen LogP contribution in [0.2, 0.25) is 0 Å². The van der Waals surface area contributed by atoms with E-state index in [2.05, 4.69) is 6.07 Å². The minimum Gasteiger partial charge on any atom is -0.465 e. The van der Waals surface area contributed by atoms with Crippen LogP contribution in [-0.4, -0.2) is 23.7 Å². The maximum atomic E-state index is 13.6. The van der Waals surface area contributed by atoms with Gasteiger partial charge in [-0.05, 0) is 35.6 Å². The van der Waals surface area contributed by atoms with Gasteiger partial charge < -0.3 is 4.74 Å². The SMILES string of the molecule is N#CCC(=O)OCCCCC(=O)C(C#N)=P(c1ccccc1)(c1ccccc1)c1ccccc1. The van der Waals surface area contributed by atoms with Gasteiger partial charge >= 0.3 is 5.97 Å². The third kappa shape index (κ3) is 5.52. The van der Waals surface area contributed by atoms with Gasteiger partial charge in [-0.15, -0.1) is 0 Å². The molecule has 0 unspecified atom stereocenters. The van der Waals surface area contributed by atoms with Crippen LogP contribution in [0.5, 0.6) is 0 Å². The number of esters is 1. The maximum Gasteiger partial charge on any atom is 0.320 e. The Labute approximate surface area is 200 Å². The van der Waals surface area contributed by atoms with Crippen LogP contribution in [0.4, 0.5) is 0 Å². The second-order valence-corrected chi connectivity index (χ2v) is 10.9. The summed E-state index contributed by atoms with van der Waals surface area (Å²) in [6.45, 7) is -2.57. The largest absolute Gasteiger partial charge is 0.465 e. The molecule has 3 aromatic carbocycles. The van der Waals surface area contributed by atoms with Crippen molar-refractivity contribution in [1.29, 1.82) is 10.5 Å². The molecule has 170 valence electrons. The number of carbonyl (C=O) groups excluding carboxylic acids is 2. The first-order chi connectivity index (χ1) is 16.6. The minimum atomic E-state index is -2.72. The fourth-order valence-electron chi connectivity index (χ4n) is 3.92. The van der Waals surface area contributed by atoms with Crippen LogP contribution in [-0.2, 0) is 14.3 Å². The zero-order chi connectivity index (χ0) is 24.2. The Morgan fingerprint density at radius 3 is 1.62 bits per heavy atom.